The number of aromatic nitrogens is 3. The molecule has 3 aromatic rings. The summed E-state index contributed by atoms with van der Waals surface area (Å²) in [6.45, 7) is 1.99. The maximum Gasteiger partial charge on any atom is 0.359 e. The molecule has 1 aliphatic heterocycles. The summed E-state index contributed by atoms with van der Waals surface area (Å²) in [7, 11) is 0. The molecular weight excluding hydrogens is 352 g/mol. The van der Waals surface area contributed by atoms with Gasteiger partial charge in [-0.25, -0.2) is 9.78 Å². The van der Waals surface area contributed by atoms with Crippen LogP contribution in [0.15, 0.2) is 42.5 Å². The molecule has 0 atom stereocenters. The van der Waals surface area contributed by atoms with Crippen molar-refractivity contribution in [3.63, 3.8) is 0 Å². The molecule has 1 fully saturated rings. The second-order valence-electron chi connectivity index (χ2n) is 6.18. The van der Waals surface area contributed by atoms with Crippen LogP contribution in [-0.4, -0.2) is 34.2 Å². The van der Waals surface area contributed by atoms with Gasteiger partial charge in [0, 0.05) is 24.0 Å². The predicted octanol–water partition coefficient (Wildman–Crippen LogP) is 3.64. The highest BCUT2D eigenvalue weighted by molar-refractivity contribution is 6.30. The van der Waals surface area contributed by atoms with E-state index in [4.69, 9.17) is 16.3 Å². The lowest BCUT2D eigenvalue weighted by molar-refractivity contribution is 0.0464. The van der Waals surface area contributed by atoms with Crippen LogP contribution in [0.3, 0.4) is 0 Å². The largest absolute Gasteiger partial charge is 0.456 e. The first-order valence-corrected chi connectivity index (χ1v) is 8.88. The molecule has 0 N–H and O–H groups in total. The molecule has 0 spiro atoms. The van der Waals surface area contributed by atoms with Gasteiger partial charge >= 0.3 is 5.97 Å². The van der Waals surface area contributed by atoms with Crippen molar-refractivity contribution in [1.82, 2.24) is 15.2 Å². The number of anilines is 1. The molecule has 2 aromatic heterocycles. The number of fused-ring (bicyclic) bond motifs is 1. The summed E-state index contributed by atoms with van der Waals surface area (Å²) in [6, 6.07) is 13.0. The van der Waals surface area contributed by atoms with Gasteiger partial charge in [0.1, 0.15) is 11.8 Å². The van der Waals surface area contributed by atoms with E-state index in [0.29, 0.717) is 10.7 Å². The number of halogens is 1. The average Bonchev–Trinajstić information content (AvgIpc) is 3.21. The predicted molar refractivity (Wildman–Crippen MR) is 99.4 cm³/mol. The number of hydrogen-bond donors (Lipinski definition) is 0. The van der Waals surface area contributed by atoms with Gasteiger partial charge in [-0.05, 0) is 37.1 Å². The summed E-state index contributed by atoms with van der Waals surface area (Å²) < 4.78 is 5.33. The highest BCUT2D eigenvalue weighted by Crippen LogP contribution is 2.21. The maximum absolute atomic E-state index is 12.2. The Balaban J connectivity index is 1.44. The van der Waals surface area contributed by atoms with Gasteiger partial charge in [0.25, 0.3) is 0 Å². The number of hydrogen-bond acceptors (Lipinski definition) is 6. The second kappa shape index (κ2) is 7.25. The standard InChI is InChI=1S/C19H17ClN4O2/c20-18-14(11-13-5-1-2-6-15(13)21-18)12-26-19(25)16-7-8-17(23-22-16)24-9-3-4-10-24/h1-2,5-8,11H,3-4,9-10,12H2. The van der Waals surface area contributed by atoms with Gasteiger partial charge in [0.05, 0.1) is 5.52 Å². The highest BCUT2D eigenvalue weighted by atomic mass is 35.5. The monoisotopic (exact) mass is 368 g/mol. The molecule has 3 heterocycles. The van der Waals surface area contributed by atoms with Gasteiger partial charge in [-0.2, -0.15) is 0 Å². The molecule has 26 heavy (non-hydrogen) atoms. The van der Waals surface area contributed by atoms with Crippen molar-refractivity contribution >= 4 is 34.3 Å². The fraction of sp³-hybridized carbons (Fsp3) is 0.263. The number of benzene rings is 1. The molecule has 1 aliphatic rings. The molecule has 4 rings (SSSR count). The van der Waals surface area contributed by atoms with Crippen molar-refractivity contribution in [2.75, 3.05) is 18.0 Å². The normalized spacial score (nSPS) is 14.0. The number of carbonyl (C=O) groups excluding carboxylic acids is 1. The minimum absolute atomic E-state index is 0.0328. The molecule has 132 valence electrons. The molecule has 7 heteroatoms. The molecule has 0 saturated carbocycles. The quantitative estimate of drug-likeness (QED) is 0.517. The highest BCUT2D eigenvalue weighted by Gasteiger charge is 2.16. The third-order valence-corrected chi connectivity index (χ3v) is 4.73. The van der Waals surface area contributed by atoms with Crippen molar-refractivity contribution < 1.29 is 9.53 Å². The summed E-state index contributed by atoms with van der Waals surface area (Å²) in [5, 5.41) is 9.39. The van der Waals surface area contributed by atoms with E-state index in [1.54, 1.807) is 12.1 Å². The van der Waals surface area contributed by atoms with Crippen LogP contribution >= 0.6 is 11.6 Å². The number of esters is 1. The number of ether oxygens (including phenoxy) is 1. The zero-order valence-corrected chi connectivity index (χ0v) is 14.8. The molecular formula is C19H17ClN4O2. The minimum Gasteiger partial charge on any atom is -0.456 e. The fourth-order valence-corrected chi connectivity index (χ4v) is 3.20. The van der Waals surface area contributed by atoms with Gasteiger partial charge in [-0.15, -0.1) is 10.2 Å². The van der Waals surface area contributed by atoms with E-state index >= 15 is 0 Å². The second-order valence-corrected chi connectivity index (χ2v) is 6.54. The Morgan fingerprint density at radius 3 is 2.69 bits per heavy atom. The first-order chi connectivity index (χ1) is 12.7. The lowest BCUT2D eigenvalue weighted by Gasteiger charge is -2.15. The molecule has 0 unspecified atom stereocenters. The zero-order valence-electron chi connectivity index (χ0n) is 14.1. The molecule has 0 bridgehead atoms. The van der Waals surface area contributed by atoms with E-state index in [2.05, 4.69) is 20.1 Å². The Labute approximate surface area is 155 Å². The van der Waals surface area contributed by atoms with Crippen LogP contribution < -0.4 is 4.90 Å². The molecule has 0 aliphatic carbocycles. The van der Waals surface area contributed by atoms with E-state index in [1.807, 2.05) is 30.3 Å². The van der Waals surface area contributed by atoms with E-state index in [0.717, 1.165) is 42.7 Å². The van der Waals surface area contributed by atoms with Crippen molar-refractivity contribution in [2.24, 2.45) is 0 Å². The number of pyridine rings is 1. The first-order valence-electron chi connectivity index (χ1n) is 8.51. The minimum atomic E-state index is -0.533. The van der Waals surface area contributed by atoms with Crippen LogP contribution in [0, 0.1) is 0 Å². The summed E-state index contributed by atoms with van der Waals surface area (Å²) in [5.41, 5.74) is 1.63. The van der Waals surface area contributed by atoms with Crippen molar-refractivity contribution in [2.45, 2.75) is 19.4 Å². The Morgan fingerprint density at radius 1 is 1.12 bits per heavy atom. The average molecular weight is 369 g/mol. The number of rotatable bonds is 4. The van der Waals surface area contributed by atoms with Gasteiger partial charge in [0.15, 0.2) is 11.5 Å². The van der Waals surface area contributed by atoms with Gasteiger partial charge in [-0.1, -0.05) is 29.8 Å². The maximum atomic E-state index is 12.2. The lowest BCUT2D eigenvalue weighted by Crippen LogP contribution is -2.20. The SMILES string of the molecule is O=C(OCc1cc2ccccc2nc1Cl)c1ccc(N2CCCC2)nn1. The number of nitrogens with zero attached hydrogens (tertiary/aromatic N) is 4. The topological polar surface area (TPSA) is 68.2 Å². The van der Waals surface area contributed by atoms with Gasteiger partial charge in [-0.3, -0.25) is 0 Å². The Morgan fingerprint density at radius 2 is 1.92 bits per heavy atom. The Bertz CT molecular complexity index is 940. The van der Waals surface area contributed by atoms with E-state index < -0.39 is 5.97 Å². The summed E-state index contributed by atoms with van der Waals surface area (Å²) in [4.78, 5) is 18.7. The zero-order chi connectivity index (χ0) is 17.9. The van der Waals surface area contributed by atoms with Crippen molar-refractivity contribution in [1.29, 1.82) is 0 Å². The van der Waals surface area contributed by atoms with Crippen molar-refractivity contribution in [3.05, 3.63) is 58.9 Å². The van der Waals surface area contributed by atoms with E-state index in [9.17, 15) is 4.79 Å². The Kier molecular flexibility index (Phi) is 4.67. The van der Waals surface area contributed by atoms with Gasteiger partial charge < -0.3 is 9.64 Å². The third-order valence-electron chi connectivity index (χ3n) is 4.40. The van der Waals surface area contributed by atoms with Crippen LogP contribution in [0.4, 0.5) is 5.82 Å². The number of para-hydroxylation sites is 1. The third kappa shape index (κ3) is 3.46. The van der Waals surface area contributed by atoms with E-state index in [-0.39, 0.29) is 12.3 Å². The number of carbonyl (C=O) groups is 1. The molecule has 0 amide bonds. The van der Waals surface area contributed by atoms with Crippen LogP contribution in [-0.2, 0) is 11.3 Å². The van der Waals surface area contributed by atoms with Crippen LogP contribution in [0.2, 0.25) is 5.15 Å². The van der Waals surface area contributed by atoms with Crippen molar-refractivity contribution in [3.8, 4) is 0 Å². The summed E-state index contributed by atoms with van der Waals surface area (Å²) in [5.74, 6) is 0.260. The molecule has 1 aromatic carbocycles. The summed E-state index contributed by atoms with van der Waals surface area (Å²) >= 11 is 6.19. The summed E-state index contributed by atoms with van der Waals surface area (Å²) in [6.07, 6.45) is 2.32. The van der Waals surface area contributed by atoms with Crippen LogP contribution in [0.5, 0.6) is 0 Å². The first kappa shape index (κ1) is 16.7. The smallest absolute Gasteiger partial charge is 0.359 e. The fourth-order valence-electron chi connectivity index (χ4n) is 3.00. The van der Waals surface area contributed by atoms with Crippen LogP contribution in [0.1, 0.15) is 28.9 Å². The molecule has 1 saturated heterocycles. The van der Waals surface area contributed by atoms with E-state index in [1.165, 1.54) is 0 Å². The van der Waals surface area contributed by atoms with Gasteiger partial charge in [0.2, 0.25) is 0 Å². The molecule has 0 radical (unpaired) electrons. The van der Waals surface area contributed by atoms with Crippen LogP contribution in [0.25, 0.3) is 10.9 Å². The molecule has 6 nitrogen and oxygen atoms in total. The Hall–Kier alpha value is -2.73. The lowest BCUT2D eigenvalue weighted by atomic mass is 10.2.